The summed E-state index contributed by atoms with van der Waals surface area (Å²) >= 11 is 0. The molecule has 4 fully saturated rings. The topological polar surface area (TPSA) is 88.3 Å². The number of ether oxygens (including phenoxy) is 1. The van der Waals surface area contributed by atoms with Gasteiger partial charge >= 0.3 is 5.97 Å². The van der Waals surface area contributed by atoms with Crippen LogP contribution in [-0.2, 0) is 14.4 Å². The van der Waals surface area contributed by atoms with Crippen molar-refractivity contribution in [2.24, 2.45) is 39.7 Å². The summed E-state index contributed by atoms with van der Waals surface area (Å²) in [7, 11) is 1.52. The molecule has 0 radical (unpaired) electrons. The van der Waals surface area contributed by atoms with E-state index in [1.54, 1.807) is 0 Å². The molecule has 170 valence electrons. The van der Waals surface area contributed by atoms with E-state index in [1.807, 2.05) is 0 Å². The molecule has 0 bridgehead atoms. The summed E-state index contributed by atoms with van der Waals surface area (Å²) in [6.45, 7) is 6.04. The van der Waals surface area contributed by atoms with Crippen LogP contribution in [0.2, 0.25) is 0 Å². The van der Waals surface area contributed by atoms with Crippen LogP contribution in [-0.4, -0.2) is 47.3 Å². The van der Waals surface area contributed by atoms with E-state index in [-0.39, 0.29) is 41.3 Å². The van der Waals surface area contributed by atoms with Gasteiger partial charge < -0.3 is 19.8 Å². The molecule has 6 heteroatoms. The van der Waals surface area contributed by atoms with Gasteiger partial charge in [0.1, 0.15) is 13.2 Å². The first-order valence-electron chi connectivity index (χ1n) is 11.8. The summed E-state index contributed by atoms with van der Waals surface area (Å²) in [6.07, 6.45) is 8.84. The molecule has 0 saturated heterocycles. The third kappa shape index (κ3) is 3.12. The summed E-state index contributed by atoms with van der Waals surface area (Å²) in [5.41, 5.74) is -0.108. The number of fused-ring (bicyclic) bond motifs is 5. The molecule has 0 unspecified atom stereocenters. The molecule has 4 aliphatic rings. The molecule has 2 N–H and O–H groups in total. The van der Waals surface area contributed by atoms with Crippen molar-refractivity contribution in [1.29, 1.82) is 0 Å². The lowest BCUT2D eigenvalue weighted by atomic mass is 9.43. The largest absolute Gasteiger partial charge is 0.463 e. The van der Waals surface area contributed by atoms with Crippen molar-refractivity contribution in [3.63, 3.8) is 0 Å². The highest BCUT2D eigenvalue weighted by Crippen LogP contribution is 2.69. The number of aliphatic hydroxyl groups excluding tert-OH is 1. The second kappa shape index (κ2) is 7.77. The van der Waals surface area contributed by atoms with Crippen molar-refractivity contribution in [1.82, 2.24) is 0 Å². The Morgan fingerprint density at radius 3 is 2.50 bits per heavy atom. The smallest absolute Gasteiger partial charge is 0.302 e. The normalized spacial score (nSPS) is 48.3. The van der Waals surface area contributed by atoms with Crippen LogP contribution in [0, 0.1) is 34.5 Å². The number of hydrogen-bond donors (Lipinski definition) is 2. The first kappa shape index (κ1) is 22.1. The van der Waals surface area contributed by atoms with Crippen LogP contribution in [0.5, 0.6) is 0 Å². The lowest BCUT2D eigenvalue weighted by molar-refractivity contribution is -0.208. The SMILES string of the molecule is CO/N=C(/CO)[C@H]1CC[C@]2(O)[C@@H]3CC[C@@H]4C[C@@H](OC(C)=O)CC[C@]4(C)[C@H]3CC[C@]12C. The van der Waals surface area contributed by atoms with Gasteiger partial charge in [-0.1, -0.05) is 19.0 Å². The Bertz CT molecular complexity index is 710. The molecule has 8 atom stereocenters. The zero-order chi connectivity index (χ0) is 21.7. The number of carbonyl (C=O) groups excluding carboxylic acids is 1. The molecule has 4 rings (SSSR count). The highest BCUT2D eigenvalue weighted by atomic mass is 16.6. The third-order valence-corrected chi connectivity index (χ3v) is 9.91. The van der Waals surface area contributed by atoms with Crippen molar-refractivity contribution in [3.05, 3.63) is 0 Å². The lowest BCUT2D eigenvalue weighted by Crippen LogP contribution is -2.62. The second-order valence-corrected chi connectivity index (χ2v) is 10.9. The Labute approximate surface area is 180 Å². The molecule has 0 amide bonds. The Kier molecular flexibility index (Phi) is 5.72. The standard InChI is InChI=1S/C24H39NO5/c1-15(27)30-17-7-10-22(2)16(13-17)5-6-19-18(22)8-11-23(3)20(9-12-24(19,23)28)21(14-26)25-29-4/h16-20,26,28H,5-14H2,1-4H3/b25-21-/t16-,17+,18+,19-,20-,22+,23-,24+/m1/s1. The van der Waals surface area contributed by atoms with E-state index in [2.05, 4.69) is 19.0 Å². The minimum atomic E-state index is -0.717. The fraction of sp³-hybridized carbons (Fsp3) is 0.917. The maximum atomic E-state index is 12.2. The molecule has 0 spiro atoms. The first-order chi connectivity index (χ1) is 14.2. The van der Waals surface area contributed by atoms with Crippen LogP contribution in [0.15, 0.2) is 5.16 Å². The van der Waals surface area contributed by atoms with Gasteiger partial charge in [0.25, 0.3) is 0 Å². The second-order valence-electron chi connectivity index (χ2n) is 10.9. The molecule has 30 heavy (non-hydrogen) atoms. The van der Waals surface area contributed by atoms with Crippen LogP contribution in [0.4, 0.5) is 0 Å². The van der Waals surface area contributed by atoms with Crippen molar-refractivity contribution < 1.29 is 24.6 Å². The molecule has 0 heterocycles. The number of oxime groups is 1. The average molecular weight is 422 g/mol. The van der Waals surface area contributed by atoms with Crippen molar-refractivity contribution in [2.45, 2.75) is 90.3 Å². The van der Waals surface area contributed by atoms with E-state index in [1.165, 1.54) is 14.0 Å². The van der Waals surface area contributed by atoms with Gasteiger partial charge in [-0.3, -0.25) is 4.79 Å². The molecule has 4 aliphatic carbocycles. The Morgan fingerprint density at radius 1 is 1.07 bits per heavy atom. The van der Waals surface area contributed by atoms with Crippen LogP contribution in [0.1, 0.15) is 78.6 Å². The summed E-state index contributed by atoms with van der Waals surface area (Å²) in [5.74, 6) is 1.25. The van der Waals surface area contributed by atoms with E-state index >= 15 is 0 Å². The van der Waals surface area contributed by atoms with Crippen LogP contribution in [0.3, 0.4) is 0 Å². The first-order valence-corrected chi connectivity index (χ1v) is 11.8. The van der Waals surface area contributed by atoms with Gasteiger partial charge in [0.2, 0.25) is 0 Å². The number of hydrogen-bond acceptors (Lipinski definition) is 6. The van der Waals surface area contributed by atoms with Gasteiger partial charge in [-0.15, -0.1) is 0 Å². The predicted molar refractivity (Wildman–Crippen MR) is 114 cm³/mol. The predicted octanol–water partition coefficient (Wildman–Crippen LogP) is 3.69. The zero-order valence-electron chi connectivity index (χ0n) is 19.0. The average Bonchev–Trinajstić information content (AvgIpc) is 2.97. The fourth-order valence-corrected chi connectivity index (χ4v) is 8.38. The lowest BCUT2D eigenvalue weighted by Gasteiger charge is -2.63. The Hall–Kier alpha value is -1.14. The fourth-order valence-electron chi connectivity index (χ4n) is 8.38. The number of esters is 1. The van der Waals surface area contributed by atoms with Gasteiger partial charge in [0, 0.05) is 18.3 Å². The number of rotatable bonds is 4. The number of carbonyl (C=O) groups is 1. The van der Waals surface area contributed by atoms with Gasteiger partial charge in [0.05, 0.1) is 17.9 Å². The zero-order valence-corrected chi connectivity index (χ0v) is 19.0. The number of aliphatic hydroxyl groups is 2. The van der Waals surface area contributed by atoms with E-state index in [9.17, 15) is 15.0 Å². The molecule has 0 aromatic carbocycles. The van der Waals surface area contributed by atoms with Crippen molar-refractivity contribution in [2.75, 3.05) is 13.7 Å². The summed E-state index contributed by atoms with van der Waals surface area (Å²) in [5, 5.41) is 26.2. The highest BCUT2D eigenvalue weighted by Gasteiger charge is 2.67. The van der Waals surface area contributed by atoms with E-state index < -0.39 is 5.60 Å². The van der Waals surface area contributed by atoms with Crippen LogP contribution >= 0.6 is 0 Å². The number of nitrogens with zero attached hydrogens (tertiary/aromatic N) is 1. The Morgan fingerprint density at radius 2 is 1.83 bits per heavy atom. The van der Waals surface area contributed by atoms with Gasteiger partial charge in [-0.25, -0.2) is 0 Å². The molecular formula is C24H39NO5. The molecule has 0 aromatic rings. The van der Waals surface area contributed by atoms with Gasteiger partial charge in [-0.2, -0.15) is 0 Å². The summed E-state index contributed by atoms with van der Waals surface area (Å²) < 4.78 is 5.57. The van der Waals surface area contributed by atoms with E-state index in [0.29, 0.717) is 17.5 Å². The van der Waals surface area contributed by atoms with Crippen molar-refractivity contribution >= 4 is 11.7 Å². The molecule has 0 aliphatic heterocycles. The monoisotopic (exact) mass is 421 g/mol. The van der Waals surface area contributed by atoms with Crippen LogP contribution in [0.25, 0.3) is 0 Å². The minimum absolute atomic E-state index is 0.0577. The minimum Gasteiger partial charge on any atom is -0.463 e. The molecular weight excluding hydrogens is 382 g/mol. The van der Waals surface area contributed by atoms with Crippen molar-refractivity contribution in [3.8, 4) is 0 Å². The maximum absolute atomic E-state index is 12.2. The maximum Gasteiger partial charge on any atom is 0.302 e. The molecule has 4 saturated carbocycles. The van der Waals surface area contributed by atoms with Gasteiger partial charge in [-0.05, 0) is 81.0 Å². The van der Waals surface area contributed by atoms with E-state index in [4.69, 9.17) is 9.57 Å². The van der Waals surface area contributed by atoms with Crippen LogP contribution < -0.4 is 0 Å². The Balaban J connectivity index is 1.58. The highest BCUT2D eigenvalue weighted by molar-refractivity contribution is 5.88. The quantitative estimate of drug-likeness (QED) is 0.411. The summed E-state index contributed by atoms with van der Waals surface area (Å²) in [6, 6.07) is 0. The molecule has 6 nitrogen and oxygen atoms in total. The van der Waals surface area contributed by atoms with Gasteiger partial charge in [0.15, 0.2) is 0 Å². The molecule has 0 aromatic heterocycles. The summed E-state index contributed by atoms with van der Waals surface area (Å²) in [4.78, 5) is 16.5. The third-order valence-electron chi connectivity index (χ3n) is 9.91. The van der Waals surface area contributed by atoms with E-state index in [0.717, 1.165) is 57.8 Å².